The van der Waals surface area contributed by atoms with Crippen molar-refractivity contribution in [3.63, 3.8) is 0 Å². The molecule has 6 rings (SSSR count). The fourth-order valence-electron chi connectivity index (χ4n) is 5.48. The van der Waals surface area contributed by atoms with Crippen molar-refractivity contribution in [3.05, 3.63) is 106 Å². The Morgan fingerprint density at radius 1 is 0.920 bits per heavy atom. The number of benzene rings is 2. The maximum Gasteiger partial charge on any atom is 0.410 e. The number of ether oxygens (including phenoxy) is 4. The van der Waals surface area contributed by atoms with Crippen LogP contribution in [0, 0.1) is 11.6 Å². The number of hydrogen-bond donors (Lipinski definition) is 0. The minimum Gasteiger partial charge on any atom is -0.491 e. The maximum atomic E-state index is 15.4. The summed E-state index contributed by atoms with van der Waals surface area (Å²) in [6.45, 7) is 5.92. The molecule has 0 bridgehead atoms. The van der Waals surface area contributed by atoms with E-state index < -0.39 is 34.5 Å². The molecule has 50 heavy (non-hydrogen) atoms. The van der Waals surface area contributed by atoms with Crippen molar-refractivity contribution in [3.8, 4) is 34.3 Å². The quantitative estimate of drug-likeness (QED) is 0.155. The smallest absolute Gasteiger partial charge is 0.410 e. The summed E-state index contributed by atoms with van der Waals surface area (Å²) in [5, 5.41) is 0. The van der Waals surface area contributed by atoms with Crippen LogP contribution in [0.2, 0.25) is 0 Å². The number of aromatic nitrogens is 3. The molecule has 1 aliphatic heterocycles. The molecule has 258 valence electrons. The third-order valence-corrected chi connectivity index (χ3v) is 8.04. The number of pyridine rings is 3. The third kappa shape index (κ3) is 7.12. The minimum absolute atomic E-state index is 0.120. The Kier molecular flexibility index (Phi) is 9.24. The lowest BCUT2D eigenvalue weighted by Crippen LogP contribution is -2.52. The molecule has 0 radical (unpaired) electrons. The Bertz CT molecular complexity index is 2160. The van der Waals surface area contributed by atoms with Crippen LogP contribution in [-0.4, -0.2) is 64.2 Å². The number of carbonyl (C=O) groups excluding carboxylic acids is 2. The molecule has 5 aromatic rings. The van der Waals surface area contributed by atoms with Gasteiger partial charge in [0.15, 0.2) is 34.3 Å². The first-order chi connectivity index (χ1) is 23.8. The van der Waals surface area contributed by atoms with Crippen LogP contribution in [0.1, 0.15) is 42.7 Å². The summed E-state index contributed by atoms with van der Waals surface area (Å²) < 4.78 is 52.7. The Labute approximate surface area is 286 Å². The molecule has 11 nitrogen and oxygen atoms in total. The summed E-state index contributed by atoms with van der Waals surface area (Å²) in [4.78, 5) is 50.1. The largest absolute Gasteiger partial charge is 0.491 e. The van der Waals surface area contributed by atoms with Crippen molar-refractivity contribution in [2.75, 3.05) is 27.3 Å². The number of nitrogens with zero attached hydrogens (tertiary/aromatic N) is 4. The summed E-state index contributed by atoms with van der Waals surface area (Å²) in [6.07, 6.45) is 3.78. The second-order valence-corrected chi connectivity index (χ2v) is 12.8. The summed E-state index contributed by atoms with van der Waals surface area (Å²) in [7, 11) is 2.91. The number of ketones is 1. The second-order valence-electron chi connectivity index (χ2n) is 12.8. The zero-order valence-corrected chi connectivity index (χ0v) is 28.0. The van der Waals surface area contributed by atoms with E-state index in [1.807, 2.05) is 0 Å². The van der Waals surface area contributed by atoms with Gasteiger partial charge >= 0.3 is 6.09 Å². The lowest BCUT2D eigenvalue weighted by molar-refractivity contribution is 0.000979. The molecule has 2 aromatic carbocycles. The van der Waals surface area contributed by atoms with Crippen LogP contribution in [0.4, 0.5) is 13.6 Å². The van der Waals surface area contributed by atoms with Crippen LogP contribution < -0.4 is 19.6 Å². The molecule has 0 atom stereocenters. The molecular weight excluding hydrogens is 650 g/mol. The summed E-state index contributed by atoms with van der Waals surface area (Å²) in [5.74, 6) is -1.09. The highest BCUT2D eigenvalue weighted by Crippen LogP contribution is 2.35. The Hall–Kier alpha value is -5.85. The van der Waals surface area contributed by atoms with Crippen LogP contribution in [0.25, 0.3) is 22.2 Å². The Morgan fingerprint density at radius 3 is 2.32 bits per heavy atom. The molecule has 0 unspecified atom stereocenters. The lowest BCUT2D eigenvalue weighted by atomic mass is 9.98. The topological polar surface area (TPSA) is 122 Å². The van der Waals surface area contributed by atoms with Crippen molar-refractivity contribution in [1.29, 1.82) is 0 Å². The van der Waals surface area contributed by atoms with Gasteiger partial charge in [-0.2, -0.15) is 0 Å². The lowest BCUT2D eigenvalue weighted by Gasteiger charge is -2.41. The average molecular weight is 685 g/mol. The van der Waals surface area contributed by atoms with Crippen LogP contribution >= 0.6 is 0 Å². The average Bonchev–Trinajstić information content (AvgIpc) is 3.05. The van der Waals surface area contributed by atoms with Crippen LogP contribution in [-0.2, 0) is 11.2 Å². The van der Waals surface area contributed by atoms with Crippen molar-refractivity contribution in [1.82, 2.24) is 19.4 Å². The standard InChI is InChI=1S/C37H34F2N4O7/c1-37(2,3)50-36(46)43-17-24(18-43)42-19-25(22-7-9-23(38)10-8-22)34(45)26(20-42)29(44)15-21-6-11-30(27(39)14-21)49-31-12-13-40-28-16-32(47-4)35(48-5)41-33(28)31/h6-14,16,19-20,24H,15,17-18H2,1-5H3. The first-order valence-corrected chi connectivity index (χ1v) is 15.7. The Balaban J connectivity index is 1.25. The van der Waals surface area contributed by atoms with Gasteiger partial charge in [-0.25, -0.2) is 18.6 Å². The first-order valence-electron chi connectivity index (χ1n) is 15.7. The fraction of sp³-hybridized carbons (Fsp3) is 0.270. The van der Waals surface area contributed by atoms with E-state index in [1.165, 1.54) is 80.0 Å². The molecule has 1 saturated heterocycles. The van der Waals surface area contributed by atoms with Gasteiger partial charge in [0.25, 0.3) is 5.88 Å². The van der Waals surface area contributed by atoms with Crippen molar-refractivity contribution in [2.24, 2.45) is 0 Å². The van der Waals surface area contributed by atoms with E-state index in [9.17, 15) is 18.8 Å². The molecule has 0 N–H and O–H groups in total. The van der Waals surface area contributed by atoms with E-state index in [2.05, 4.69) is 9.97 Å². The van der Waals surface area contributed by atoms with Gasteiger partial charge in [0.05, 0.1) is 31.3 Å². The van der Waals surface area contributed by atoms with Gasteiger partial charge < -0.3 is 28.4 Å². The highest BCUT2D eigenvalue weighted by Gasteiger charge is 2.35. The van der Waals surface area contributed by atoms with Crippen LogP contribution in [0.3, 0.4) is 0 Å². The first kappa shape index (κ1) is 34.0. The number of amides is 1. The number of methoxy groups -OCH3 is 2. The highest BCUT2D eigenvalue weighted by atomic mass is 19.1. The molecule has 0 saturated carbocycles. The van der Waals surface area contributed by atoms with Crippen LogP contribution in [0.5, 0.6) is 23.1 Å². The summed E-state index contributed by atoms with van der Waals surface area (Å²) in [5.41, 5.74) is 0.345. The van der Waals surface area contributed by atoms with E-state index in [0.29, 0.717) is 41.0 Å². The number of hydrogen-bond acceptors (Lipinski definition) is 9. The van der Waals surface area contributed by atoms with E-state index in [-0.39, 0.29) is 41.0 Å². The monoisotopic (exact) mass is 684 g/mol. The van der Waals surface area contributed by atoms with Gasteiger partial charge in [0.1, 0.15) is 16.9 Å². The third-order valence-electron chi connectivity index (χ3n) is 8.04. The zero-order valence-electron chi connectivity index (χ0n) is 28.0. The molecule has 0 aliphatic carbocycles. The van der Waals surface area contributed by atoms with Crippen molar-refractivity contribution < 1.29 is 37.3 Å². The number of carbonyl (C=O) groups is 2. The van der Waals surface area contributed by atoms with Gasteiger partial charge in [0.2, 0.25) is 0 Å². The van der Waals surface area contributed by atoms with Gasteiger partial charge in [-0.3, -0.25) is 14.6 Å². The Morgan fingerprint density at radius 2 is 1.66 bits per heavy atom. The fourth-order valence-corrected chi connectivity index (χ4v) is 5.48. The molecule has 1 aliphatic rings. The van der Waals surface area contributed by atoms with Crippen LogP contribution in [0.15, 0.2) is 78.0 Å². The van der Waals surface area contributed by atoms with Gasteiger partial charge in [-0.1, -0.05) is 18.2 Å². The van der Waals surface area contributed by atoms with Gasteiger partial charge in [-0.05, 0) is 56.2 Å². The molecule has 0 spiro atoms. The van der Waals surface area contributed by atoms with Crippen molar-refractivity contribution >= 4 is 22.9 Å². The molecule has 1 fully saturated rings. The van der Waals surface area contributed by atoms with Crippen molar-refractivity contribution in [2.45, 2.75) is 38.8 Å². The molecular formula is C37H34F2N4O7. The highest BCUT2D eigenvalue weighted by molar-refractivity contribution is 5.98. The number of rotatable bonds is 9. The summed E-state index contributed by atoms with van der Waals surface area (Å²) >= 11 is 0. The van der Waals surface area contributed by atoms with Gasteiger partial charge in [0, 0.05) is 55.8 Å². The number of halogens is 2. The number of likely N-dealkylation sites (tertiary alicyclic amines) is 1. The van der Waals surface area contributed by atoms with E-state index >= 15 is 4.39 Å². The number of fused-ring (bicyclic) bond motifs is 1. The molecule has 1 amide bonds. The SMILES string of the molecule is COc1cc2nccc(Oc3ccc(CC(=O)c4cn(C5CN(C(=O)OC(C)(C)C)C5)cc(-c5ccc(F)cc5)c4=O)cc3F)c2nc1OC. The second kappa shape index (κ2) is 13.6. The maximum absolute atomic E-state index is 15.4. The molecule has 3 aromatic heterocycles. The van der Waals surface area contributed by atoms with E-state index in [0.717, 1.165) is 0 Å². The van der Waals surface area contributed by atoms with E-state index in [1.54, 1.807) is 37.6 Å². The predicted octanol–water partition coefficient (Wildman–Crippen LogP) is 6.76. The zero-order chi connectivity index (χ0) is 35.7. The predicted molar refractivity (Wildman–Crippen MR) is 180 cm³/mol. The van der Waals surface area contributed by atoms with Gasteiger partial charge in [-0.15, -0.1) is 0 Å². The normalized spacial score (nSPS) is 13.1. The summed E-state index contributed by atoms with van der Waals surface area (Å²) in [6, 6.07) is 12.4. The number of Topliss-reactive ketones (excluding diaryl/α,β-unsaturated/α-hetero) is 1. The van der Waals surface area contributed by atoms with E-state index in [4.69, 9.17) is 18.9 Å². The minimum atomic E-state index is -0.741. The molecule has 4 heterocycles. The molecule has 13 heteroatoms.